The minimum absolute atomic E-state index is 0.0322. The Kier molecular flexibility index (Phi) is 9.46. The smallest absolute Gasteiger partial charge is 0.264 e. The number of carbonyl (C=O) groups excluding carboxylic acids is 2. The van der Waals surface area contributed by atoms with Crippen LogP contribution in [-0.2, 0) is 26.2 Å². The van der Waals surface area contributed by atoms with Crippen LogP contribution < -0.4 is 9.62 Å². The Labute approximate surface area is 236 Å². The molecule has 0 spiro atoms. The van der Waals surface area contributed by atoms with Crippen molar-refractivity contribution in [2.45, 2.75) is 64.6 Å². The summed E-state index contributed by atoms with van der Waals surface area (Å²) in [5.74, 6) is -0.875. The Morgan fingerprint density at radius 2 is 1.51 bits per heavy atom. The molecule has 0 aromatic heterocycles. The predicted octanol–water partition coefficient (Wildman–Crippen LogP) is 5.48. The molecule has 0 aliphatic carbocycles. The molecule has 1 atom stereocenters. The second-order valence-electron chi connectivity index (χ2n) is 10.6. The molecule has 0 fully saturated rings. The van der Waals surface area contributed by atoms with E-state index in [1.165, 1.54) is 17.0 Å². The molecule has 208 valence electrons. The second kappa shape index (κ2) is 12.2. The molecule has 39 heavy (non-hydrogen) atoms. The average Bonchev–Trinajstić information content (AvgIpc) is 2.86. The largest absolute Gasteiger partial charge is 0.350 e. The Balaban J connectivity index is 2.06. The number of amides is 2. The number of hydrogen-bond donors (Lipinski definition) is 1. The van der Waals surface area contributed by atoms with E-state index in [2.05, 4.69) is 5.32 Å². The van der Waals surface area contributed by atoms with Gasteiger partial charge >= 0.3 is 0 Å². The first-order valence-electron chi connectivity index (χ1n) is 12.7. The molecule has 0 bridgehead atoms. The van der Waals surface area contributed by atoms with Crippen molar-refractivity contribution >= 4 is 39.1 Å². The van der Waals surface area contributed by atoms with E-state index < -0.39 is 34.1 Å². The van der Waals surface area contributed by atoms with Gasteiger partial charge in [-0.2, -0.15) is 0 Å². The normalized spacial score (nSPS) is 12.5. The molecule has 0 saturated carbocycles. The zero-order valence-electron chi connectivity index (χ0n) is 23.2. The fraction of sp³-hybridized carbons (Fsp3) is 0.333. The van der Waals surface area contributed by atoms with E-state index >= 15 is 0 Å². The van der Waals surface area contributed by atoms with Gasteiger partial charge in [-0.25, -0.2) is 8.42 Å². The van der Waals surface area contributed by atoms with Crippen molar-refractivity contribution in [2.24, 2.45) is 0 Å². The minimum Gasteiger partial charge on any atom is -0.350 e. The van der Waals surface area contributed by atoms with Gasteiger partial charge in [0.1, 0.15) is 12.6 Å². The van der Waals surface area contributed by atoms with Crippen molar-refractivity contribution in [3.05, 3.63) is 94.5 Å². The van der Waals surface area contributed by atoms with Gasteiger partial charge in [-0.05, 0) is 76.9 Å². The highest BCUT2D eigenvalue weighted by molar-refractivity contribution is 7.92. The monoisotopic (exact) mass is 569 g/mol. The SMILES string of the molecule is Cc1ccc(S(=O)(=O)N(CC(=O)N(Cc2ccccc2C)C(C)C(=O)NC(C)(C)C)c2ccccc2Cl)cc1. The number of para-hydroxylation sites is 1. The second-order valence-corrected chi connectivity index (χ2v) is 12.9. The van der Waals surface area contributed by atoms with Gasteiger partial charge < -0.3 is 10.2 Å². The quantitative estimate of drug-likeness (QED) is 0.369. The summed E-state index contributed by atoms with van der Waals surface area (Å²) >= 11 is 6.44. The third-order valence-corrected chi connectivity index (χ3v) is 8.37. The van der Waals surface area contributed by atoms with Gasteiger partial charge in [0.15, 0.2) is 0 Å². The molecule has 3 rings (SSSR count). The van der Waals surface area contributed by atoms with E-state index in [9.17, 15) is 18.0 Å². The van der Waals surface area contributed by atoms with Crippen LogP contribution in [0.25, 0.3) is 0 Å². The van der Waals surface area contributed by atoms with Crippen LogP contribution in [0.5, 0.6) is 0 Å². The van der Waals surface area contributed by atoms with E-state index in [1.807, 2.05) is 58.9 Å². The first kappa shape index (κ1) is 30.2. The molecular weight excluding hydrogens is 534 g/mol. The summed E-state index contributed by atoms with van der Waals surface area (Å²) in [5, 5.41) is 3.11. The molecule has 0 heterocycles. The molecule has 1 N–H and O–H groups in total. The van der Waals surface area contributed by atoms with Crippen LogP contribution in [0.4, 0.5) is 5.69 Å². The summed E-state index contributed by atoms with van der Waals surface area (Å²) in [6.07, 6.45) is 0. The number of nitrogens with zero attached hydrogens (tertiary/aromatic N) is 2. The van der Waals surface area contributed by atoms with Crippen LogP contribution in [0, 0.1) is 13.8 Å². The lowest BCUT2D eigenvalue weighted by molar-refractivity contribution is -0.140. The molecule has 3 aromatic carbocycles. The standard InChI is InChI=1S/C30H36ClN3O4S/c1-21-15-17-25(18-16-21)39(37,38)34(27-14-10-9-13-26(27)31)20-28(35)33(19-24-12-8-7-11-22(24)2)23(3)29(36)32-30(4,5)6/h7-18,23H,19-20H2,1-6H3,(H,32,36). The summed E-state index contributed by atoms with van der Waals surface area (Å²) in [7, 11) is -4.18. The Morgan fingerprint density at radius 3 is 2.10 bits per heavy atom. The van der Waals surface area contributed by atoms with Gasteiger partial charge in [0.2, 0.25) is 11.8 Å². The van der Waals surface area contributed by atoms with Gasteiger partial charge in [-0.15, -0.1) is 0 Å². The van der Waals surface area contributed by atoms with E-state index in [-0.39, 0.29) is 28.1 Å². The third-order valence-electron chi connectivity index (χ3n) is 6.28. The minimum atomic E-state index is -4.18. The highest BCUT2D eigenvalue weighted by atomic mass is 35.5. The van der Waals surface area contributed by atoms with Crippen LogP contribution in [0.1, 0.15) is 44.4 Å². The van der Waals surface area contributed by atoms with Crippen molar-refractivity contribution in [1.29, 1.82) is 0 Å². The first-order chi connectivity index (χ1) is 18.2. The van der Waals surface area contributed by atoms with Crippen molar-refractivity contribution in [1.82, 2.24) is 10.2 Å². The molecule has 3 aromatic rings. The number of halogens is 1. The Bertz CT molecular complexity index is 1430. The first-order valence-corrected chi connectivity index (χ1v) is 14.5. The average molecular weight is 570 g/mol. The van der Waals surface area contributed by atoms with Gasteiger partial charge in [0.25, 0.3) is 10.0 Å². The molecule has 0 saturated heterocycles. The summed E-state index contributed by atoms with van der Waals surface area (Å²) in [4.78, 5) is 28.6. The lowest BCUT2D eigenvalue weighted by Crippen LogP contribution is -2.54. The predicted molar refractivity (Wildman–Crippen MR) is 156 cm³/mol. The van der Waals surface area contributed by atoms with E-state index in [4.69, 9.17) is 11.6 Å². The Hall–Kier alpha value is -3.36. The lowest BCUT2D eigenvalue weighted by Gasteiger charge is -2.34. The van der Waals surface area contributed by atoms with Crippen molar-refractivity contribution < 1.29 is 18.0 Å². The number of anilines is 1. The highest BCUT2D eigenvalue weighted by Crippen LogP contribution is 2.31. The maximum absolute atomic E-state index is 14.0. The fourth-order valence-corrected chi connectivity index (χ4v) is 5.75. The molecule has 0 aliphatic rings. The van der Waals surface area contributed by atoms with Crippen molar-refractivity contribution in [3.8, 4) is 0 Å². The number of benzene rings is 3. The van der Waals surface area contributed by atoms with Crippen LogP contribution in [-0.4, -0.2) is 43.3 Å². The van der Waals surface area contributed by atoms with Crippen LogP contribution in [0.3, 0.4) is 0 Å². The number of hydrogen-bond acceptors (Lipinski definition) is 4. The van der Waals surface area contributed by atoms with Gasteiger partial charge in [-0.3, -0.25) is 13.9 Å². The van der Waals surface area contributed by atoms with E-state index in [1.54, 1.807) is 43.3 Å². The van der Waals surface area contributed by atoms with Gasteiger partial charge in [-0.1, -0.05) is 65.7 Å². The molecule has 0 radical (unpaired) electrons. The zero-order valence-corrected chi connectivity index (χ0v) is 24.8. The van der Waals surface area contributed by atoms with Crippen LogP contribution in [0.15, 0.2) is 77.7 Å². The van der Waals surface area contributed by atoms with Crippen LogP contribution >= 0.6 is 11.6 Å². The Morgan fingerprint density at radius 1 is 0.923 bits per heavy atom. The lowest BCUT2D eigenvalue weighted by atomic mass is 10.1. The van der Waals surface area contributed by atoms with Gasteiger partial charge in [0, 0.05) is 12.1 Å². The summed E-state index contributed by atoms with van der Waals surface area (Å²) in [6.45, 7) is 10.6. The molecule has 9 heteroatoms. The van der Waals surface area contributed by atoms with E-state index in [0.29, 0.717) is 0 Å². The number of aryl methyl sites for hydroxylation is 2. The fourth-order valence-electron chi connectivity index (χ4n) is 4.03. The van der Waals surface area contributed by atoms with Crippen molar-refractivity contribution in [3.63, 3.8) is 0 Å². The molecular formula is C30H36ClN3O4S. The van der Waals surface area contributed by atoms with Gasteiger partial charge in [0.05, 0.1) is 15.6 Å². The molecule has 0 aliphatic heterocycles. The maximum atomic E-state index is 14.0. The maximum Gasteiger partial charge on any atom is 0.264 e. The topological polar surface area (TPSA) is 86.8 Å². The van der Waals surface area contributed by atoms with Crippen LogP contribution in [0.2, 0.25) is 5.02 Å². The number of rotatable bonds is 9. The summed E-state index contributed by atoms with van der Waals surface area (Å²) in [6, 6.07) is 19.6. The van der Waals surface area contributed by atoms with Crippen molar-refractivity contribution in [2.75, 3.05) is 10.8 Å². The third kappa shape index (κ3) is 7.61. The number of carbonyl (C=O) groups is 2. The summed E-state index contributed by atoms with van der Waals surface area (Å²) < 4.78 is 28.8. The number of nitrogens with one attached hydrogen (secondary N) is 1. The molecule has 7 nitrogen and oxygen atoms in total. The molecule has 2 amide bonds. The number of sulfonamides is 1. The summed E-state index contributed by atoms with van der Waals surface area (Å²) in [5.41, 5.74) is 2.37. The van der Waals surface area contributed by atoms with E-state index in [0.717, 1.165) is 21.0 Å². The zero-order chi connectivity index (χ0) is 29.0. The highest BCUT2D eigenvalue weighted by Gasteiger charge is 2.34. The molecule has 1 unspecified atom stereocenters.